The minimum atomic E-state index is -4.47. The Morgan fingerprint density at radius 3 is 2.57 bits per heavy atom. The van der Waals surface area contributed by atoms with Crippen molar-refractivity contribution in [3.8, 4) is 11.4 Å². The molecule has 1 saturated heterocycles. The molecule has 0 radical (unpaired) electrons. The highest BCUT2D eigenvalue weighted by atomic mass is 19.4. The van der Waals surface area contributed by atoms with E-state index in [0.29, 0.717) is 18.9 Å². The molecular formula is C24H26F3N5O3. The van der Waals surface area contributed by atoms with E-state index < -0.39 is 17.8 Å². The van der Waals surface area contributed by atoms with Gasteiger partial charge in [-0.15, -0.1) is 0 Å². The number of ether oxygens (including phenoxy) is 1. The number of nitrogens with one attached hydrogen (secondary N) is 1. The van der Waals surface area contributed by atoms with E-state index in [1.54, 1.807) is 18.9 Å². The molecule has 0 spiro atoms. The van der Waals surface area contributed by atoms with Gasteiger partial charge in [0.15, 0.2) is 0 Å². The maximum Gasteiger partial charge on any atom is 0.416 e. The zero-order chi connectivity index (χ0) is 25.0. The Bertz CT molecular complexity index is 1140. The first-order chi connectivity index (χ1) is 16.7. The molecule has 1 atom stereocenters. The van der Waals surface area contributed by atoms with Gasteiger partial charge in [0.2, 0.25) is 17.6 Å². The summed E-state index contributed by atoms with van der Waals surface area (Å²) < 4.78 is 49.6. The third-order valence-corrected chi connectivity index (χ3v) is 5.83. The number of carbonyl (C=O) groups excluding carboxylic acids is 1. The fourth-order valence-electron chi connectivity index (χ4n) is 3.69. The standard InChI is InChI=1S/C24H26F3N5O3/c1-16(23-29-22(30-35-23)17-4-3-5-18(14-17)24(25,26)27)31(2)15-21(33)28-19-6-8-20(9-7-19)32-10-12-34-13-11-32/h3-9,14,16H,10-13,15H2,1-2H3,(H,28,33). The highest BCUT2D eigenvalue weighted by Crippen LogP contribution is 2.32. The topological polar surface area (TPSA) is 83.7 Å². The molecule has 3 aromatic rings. The van der Waals surface area contributed by atoms with Crippen molar-refractivity contribution in [3.63, 3.8) is 0 Å². The van der Waals surface area contributed by atoms with Gasteiger partial charge in [0.1, 0.15) is 0 Å². The van der Waals surface area contributed by atoms with Gasteiger partial charge in [-0.3, -0.25) is 9.69 Å². The Morgan fingerprint density at radius 2 is 1.89 bits per heavy atom. The smallest absolute Gasteiger partial charge is 0.378 e. The summed E-state index contributed by atoms with van der Waals surface area (Å²) >= 11 is 0. The maximum atomic E-state index is 13.0. The monoisotopic (exact) mass is 489 g/mol. The van der Waals surface area contributed by atoms with Crippen LogP contribution in [-0.2, 0) is 15.7 Å². The average Bonchev–Trinajstić information content (AvgIpc) is 3.34. The van der Waals surface area contributed by atoms with Gasteiger partial charge in [-0.05, 0) is 50.4 Å². The van der Waals surface area contributed by atoms with Gasteiger partial charge >= 0.3 is 6.18 Å². The van der Waals surface area contributed by atoms with Crippen LogP contribution in [0.15, 0.2) is 53.1 Å². The van der Waals surface area contributed by atoms with E-state index in [9.17, 15) is 18.0 Å². The molecule has 0 saturated carbocycles. The molecule has 0 bridgehead atoms. The zero-order valence-corrected chi connectivity index (χ0v) is 19.4. The number of halogens is 3. The largest absolute Gasteiger partial charge is 0.416 e. The number of rotatable bonds is 7. The zero-order valence-electron chi connectivity index (χ0n) is 19.4. The lowest BCUT2D eigenvalue weighted by molar-refractivity contribution is -0.137. The normalized spacial score (nSPS) is 15.3. The van der Waals surface area contributed by atoms with Gasteiger partial charge < -0.3 is 19.5 Å². The lowest BCUT2D eigenvalue weighted by Gasteiger charge is -2.29. The molecule has 35 heavy (non-hydrogen) atoms. The van der Waals surface area contributed by atoms with E-state index in [2.05, 4.69) is 20.4 Å². The Balaban J connectivity index is 1.34. The Labute approximate surface area is 200 Å². The van der Waals surface area contributed by atoms with Crippen molar-refractivity contribution < 1.29 is 27.2 Å². The summed E-state index contributed by atoms with van der Waals surface area (Å²) in [6.45, 7) is 4.88. The minimum absolute atomic E-state index is 0.0493. The van der Waals surface area contributed by atoms with Crippen LogP contribution in [0.25, 0.3) is 11.4 Å². The van der Waals surface area contributed by atoms with Crippen LogP contribution in [0.4, 0.5) is 24.5 Å². The molecule has 1 aromatic heterocycles. The highest BCUT2D eigenvalue weighted by molar-refractivity contribution is 5.92. The van der Waals surface area contributed by atoms with Crippen LogP contribution in [0.3, 0.4) is 0 Å². The molecule has 1 N–H and O–H groups in total. The van der Waals surface area contributed by atoms with Crippen LogP contribution in [0.5, 0.6) is 0 Å². The number of aromatic nitrogens is 2. The molecule has 2 heterocycles. The molecule has 1 aliphatic rings. The van der Waals surface area contributed by atoms with Gasteiger partial charge in [-0.25, -0.2) is 0 Å². The molecular weight excluding hydrogens is 463 g/mol. The quantitative estimate of drug-likeness (QED) is 0.532. The van der Waals surface area contributed by atoms with E-state index >= 15 is 0 Å². The van der Waals surface area contributed by atoms with Crippen LogP contribution < -0.4 is 10.2 Å². The molecule has 4 rings (SSSR count). The van der Waals surface area contributed by atoms with E-state index in [0.717, 1.165) is 30.9 Å². The van der Waals surface area contributed by atoms with Crippen molar-refractivity contribution in [3.05, 3.63) is 60.0 Å². The Kier molecular flexibility index (Phi) is 7.37. The lowest BCUT2D eigenvalue weighted by atomic mass is 10.1. The van der Waals surface area contributed by atoms with Crippen molar-refractivity contribution in [2.24, 2.45) is 0 Å². The van der Waals surface area contributed by atoms with E-state index in [1.165, 1.54) is 12.1 Å². The Hall–Kier alpha value is -3.44. The second-order valence-corrected chi connectivity index (χ2v) is 8.32. The number of anilines is 2. The third-order valence-electron chi connectivity index (χ3n) is 5.83. The predicted octanol–water partition coefficient (Wildman–Crippen LogP) is 4.22. The van der Waals surface area contributed by atoms with Gasteiger partial charge in [0.05, 0.1) is 31.4 Å². The number of alkyl halides is 3. The number of carbonyl (C=O) groups is 1. The molecule has 1 amide bonds. The summed E-state index contributed by atoms with van der Waals surface area (Å²) in [5, 5.41) is 6.68. The lowest BCUT2D eigenvalue weighted by Crippen LogP contribution is -2.36. The second-order valence-electron chi connectivity index (χ2n) is 8.32. The fraction of sp³-hybridized carbons (Fsp3) is 0.375. The summed E-state index contributed by atoms with van der Waals surface area (Å²) in [6.07, 6.45) is -4.47. The molecule has 1 aliphatic heterocycles. The van der Waals surface area contributed by atoms with Crippen LogP contribution in [0.1, 0.15) is 24.4 Å². The van der Waals surface area contributed by atoms with Crippen LogP contribution in [0.2, 0.25) is 0 Å². The van der Waals surface area contributed by atoms with Crippen molar-refractivity contribution in [2.45, 2.75) is 19.1 Å². The van der Waals surface area contributed by atoms with Crippen LogP contribution in [-0.4, -0.2) is 60.8 Å². The minimum Gasteiger partial charge on any atom is -0.378 e. The summed E-state index contributed by atoms with van der Waals surface area (Å²) in [5.41, 5.74) is 1.16. The van der Waals surface area contributed by atoms with Gasteiger partial charge in [0.25, 0.3) is 0 Å². The third kappa shape index (κ3) is 6.17. The number of likely N-dealkylation sites (N-methyl/N-ethyl adjacent to an activating group) is 1. The van der Waals surface area contributed by atoms with Gasteiger partial charge in [-0.2, -0.15) is 18.2 Å². The summed E-state index contributed by atoms with van der Waals surface area (Å²) in [7, 11) is 1.72. The van der Waals surface area contributed by atoms with Crippen LogP contribution in [0, 0.1) is 0 Å². The predicted molar refractivity (Wildman–Crippen MR) is 124 cm³/mol. The fourth-order valence-corrected chi connectivity index (χ4v) is 3.69. The number of nitrogens with zero attached hydrogens (tertiary/aromatic N) is 4. The molecule has 186 valence electrons. The van der Waals surface area contributed by atoms with E-state index in [-0.39, 0.29) is 29.7 Å². The van der Waals surface area contributed by atoms with Crippen molar-refractivity contribution >= 4 is 17.3 Å². The number of hydrogen-bond acceptors (Lipinski definition) is 7. The number of amides is 1. The average molecular weight is 489 g/mol. The second kappa shape index (κ2) is 10.4. The SMILES string of the molecule is CC(c1nc(-c2cccc(C(F)(F)F)c2)no1)N(C)CC(=O)Nc1ccc(N2CCOCC2)cc1. The van der Waals surface area contributed by atoms with Gasteiger partial charge in [0, 0.05) is 30.0 Å². The first kappa shape index (κ1) is 24.7. The molecule has 0 aliphatic carbocycles. The van der Waals surface area contributed by atoms with Crippen LogP contribution >= 0.6 is 0 Å². The first-order valence-electron chi connectivity index (χ1n) is 11.1. The highest BCUT2D eigenvalue weighted by Gasteiger charge is 2.31. The van der Waals surface area contributed by atoms with Crippen molar-refractivity contribution in [2.75, 3.05) is 50.1 Å². The first-order valence-corrected chi connectivity index (χ1v) is 11.1. The molecule has 2 aromatic carbocycles. The molecule has 11 heteroatoms. The Morgan fingerprint density at radius 1 is 1.17 bits per heavy atom. The number of benzene rings is 2. The van der Waals surface area contributed by atoms with Crippen molar-refractivity contribution in [1.29, 1.82) is 0 Å². The molecule has 1 fully saturated rings. The maximum absolute atomic E-state index is 13.0. The summed E-state index contributed by atoms with van der Waals surface area (Å²) in [5.74, 6) is 0.0230. The molecule has 1 unspecified atom stereocenters. The number of morpholine rings is 1. The van der Waals surface area contributed by atoms with E-state index in [4.69, 9.17) is 9.26 Å². The summed E-state index contributed by atoms with van der Waals surface area (Å²) in [4.78, 5) is 20.7. The number of hydrogen-bond donors (Lipinski definition) is 1. The summed E-state index contributed by atoms with van der Waals surface area (Å²) in [6, 6.07) is 11.9. The van der Waals surface area contributed by atoms with Gasteiger partial charge in [-0.1, -0.05) is 17.3 Å². The van der Waals surface area contributed by atoms with E-state index in [1.807, 2.05) is 24.3 Å². The molecule has 8 nitrogen and oxygen atoms in total. The van der Waals surface area contributed by atoms with Crippen molar-refractivity contribution in [1.82, 2.24) is 15.0 Å².